The van der Waals surface area contributed by atoms with Gasteiger partial charge in [-0.15, -0.1) is 5.10 Å². The molecular formula is C11H19N3O3. The number of esters is 1. The summed E-state index contributed by atoms with van der Waals surface area (Å²) in [6, 6.07) is 0. The largest absolute Gasteiger partial charge is 0.461 e. The Morgan fingerprint density at radius 1 is 1.47 bits per heavy atom. The summed E-state index contributed by atoms with van der Waals surface area (Å²) < 4.78 is 6.48. The Hall–Kier alpha value is -1.43. The highest BCUT2D eigenvalue weighted by molar-refractivity contribution is 5.88. The van der Waals surface area contributed by atoms with Gasteiger partial charge in [-0.1, -0.05) is 19.1 Å². The number of hydrogen-bond donors (Lipinski definition) is 1. The van der Waals surface area contributed by atoms with Gasteiger partial charge >= 0.3 is 5.97 Å². The fourth-order valence-corrected chi connectivity index (χ4v) is 1.62. The van der Waals surface area contributed by atoms with Crippen molar-refractivity contribution in [1.29, 1.82) is 0 Å². The number of aromatic nitrogens is 3. The van der Waals surface area contributed by atoms with Crippen LogP contribution < -0.4 is 0 Å². The van der Waals surface area contributed by atoms with Gasteiger partial charge in [0.05, 0.1) is 24.9 Å². The van der Waals surface area contributed by atoms with Gasteiger partial charge < -0.3 is 9.84 Å². The molecule has 96 valence electrons. The first-order valence-electron chi connectivity index (χ1n) is 5.75. The van der Waals surface area contributed by atoms with Gasteiger partial charge in [0.15, 0.2) is 5.69 Å². The van der Waals surface area contributed by atoms with E-state index in [1.165, 1.54) is 0 Å². The van der Waals surface area contributed by atoms with E-state index in [1.807, 2.05) is 13.8 Å². The van der Waals surface area contributed by atoms with E-state index in [0.717, 1.165) is 0 Å². The lowest BCUT2D eigenvalue weighted by Gasteiger charge is -2.11. The first kappa shape index (κ1) is 13.6. The molecule has 0 bridgehead atoms. The summed E-state index contributed by atoms with van der Waals surface area (Å²) in [5, 5.41) is 17.1. The molecule has 0 spiro atoms. The smallest absolute Gasteiger partial charge is 0.360 e. The van der Waals surface area contributed by atoms with E-state index in [0.29, 0.717) is 18.8 Å². The molecule has 6 nitrogen and oxygen atoms in total. The lowest BCUT2D eigenvalue weighted by molar-refractivity contribution is 0.0517. The van der Waals surface area contributed by atoms with Crippen LogP contribution in [-0.2, 0) is 11.3 Å². The molecule has 1 aromatic rings. The molecule has 1 aromatic heterocycles. The molecule has 1 unspecified atom stereocenters. The first-order chi connectivity index (χ1) is 7.97. The van der Waals surface area contributed by atoms with Gasteiger partial charge in [-0.2, -0.15) is 0 Å². The average Bonchev–Trinajstić information content (AvgIpc) is 2.60. The summed E-state index contributed by atoms with van der Waals surface area (Å²) in [6.07, 6.45) is -0.538. The van der Waals surface area contributed by atoms with Crippen LogP contribution in [0.1, 0.15) is 49.8 Å². The zero-order chi connectivity index (χ0) is 13.0. The lowest BCUT2D eigenvalue weighted by atomic mass is 10.1. The summed E-state index contributed by atoms with van der Waals surface area (Å²) in [6.45, 7) is 7.92. The number of carbonyl (C=O) groups is 1. The Kier molecular flexibility index (Phi) is 4.62. The zero-order valence-corrected chi connectivity index (χ0v) is 10.7. The minimum atomic E-state index is -0.538. The molecule has 1 N–H and O–H groups in total. The van der Waals surface area contributed by atoms with Crippen molar-refractivity contribution in [2.75, 3.05) is 6.61 Å². The van der Waals surface area contributed by atoms with E-state index in [4.69, 9.17) is 4.74 Å². The van der Waals surface area contributed by atoms with Crippen LogP contribution in [0.3, 0.4) is 0 Å². The minimum absolute atomic E-state index is 0.0863. The van der Waals surface area contributed by atoms with Crippen molar-refractivity contribution in [3.63, 3.8) is 0 Å². The fraction of sp³-hybridized carbons (Fsp3) is 0.727. The van der Waals surface area contributed by atoms with Crippen LogP contribution in [0, 0.1) is 0 Å². The number of nitrogens with zero attached hydrogens (tertiary/aromatic N) is 3. The van der Waals surface area contributed by atoms with Gasteiger partial charge in [-0.25, -0.2) is 9.48 Å². The van der Waals surface area contributed by atoms with Gasteiger partial charge in [0.1, 0.15) is 0 Å². The second kappa shape index (κ2) is 5.77. The van der Waals surface area contributed by atoms with Crippen molar-refractivity contribution in [2.45, 2.75) is 46.3 Å². The number of rotatable bonds is 5. The molecule has 0 saturated carbocycles. The molecule has 0 saturated heterocycles. The van der Waals surface area contributed by atoms with Gasteiger partial charge in [0, 0.05) is 0 Å². The third-order valence-corrected chi connectivity index (χ3v) is 2.23. The maximum absolute atomic E-state index is 11.7. The monoisotopic (exact) mass is 241 g/mol. The number of ether oxygens (including phenoxy) is 1. The van der Waals surface area contributed by atoms with Crippen molar-refractivity contribution < 1.29 is 14.6 Å². The highest BCUT2D eigenvalue weighted by Crippen LogP contribution is 2.18. The molecule has 0 aliphatic carbocycles. The van der Waals surface area contributed by atoms with Gasteiger partial charge in [-0.3, -0.25) is 0 Å². The van der Waals surface area contributed by atoms with Crippen molar-refractivity contribution in [1.82, 2.24) is 15.0 Å². The van der Waals surface area contributed by atoms with Crippen molar-refractivity contribution in [3.05, 3.63) is 11.4 Å². The molecule has 17 heavy (non-hydrogen) atoms. The Morgan fingerprint density at radius 3 is 2.59 bits per heavy atom. The SMILES string of the molecule is CCOC(=O)c1nnn(CC(C)O)c1C(C)C. The molecule has 1 atom stereocenters. The molecule has 0 aromatic carbocycles. The van der Waals surface area contributed by atoms with Gasteiger partial charge in [0.2, 0.25) is 0 Å². The van der Waals surface area contributed by atoms with Crippen molar-refractivity contribution in [3.8, 4) is 0 Å². The maximum atomic E-state index is 11.7. The third kappa shape index (κ3) is 3.26. The second-order valence-corrected chi connectivity index (χ2v) is 4.23. The molecule has 6 heteroatoms. The van der Waals surface area contributed by atoms with Crippen LogP contribution in [0.15, 0.2) is 0 Å². The Balaban J connectivity index is 3.06. The predicted octanol–water partition coefficient (Wildman–Crippen LogP) is 0.959. The molecule has 0 amide bonds. The summed E-state index contributed by atoms with van der Waals surface area (Å²) in [7, 11) is 0. The number of aliphatic hydroxyl groups is 1. The Labute approximate surface area is 101 Å². The third-order valence-electron chi connectivity index (χ3n) is 2.23. The van der Waals surface area contributed by atoms with E-state index in [2.05, 4.69) is 10.3 Å². The number of carbonyl (C=O) groups excluding carboxylic acids is 1. The molecule has 0 fully saturated rings. The molecule has 0 aliphatic heterocycles. The summed E-state index contributed by atoms with van der Waals surface area (Å²) >= 11 is 0. The van der Waals surface area contributed by atoms with E-state index >= 15 is 0 Å². The van der Waals surface area contributed by atoms with E-state index in [1.54, 1.807) is 18.5 Å². The molecular weight excluding hydrogens is 222 g/mol. The molecule has 1 heterocycles. The molecule has 0 radical (unpaired) electrons. The van der Waals surface area contributed by atoms with Crippen LogP contribution >= 0.6 is 0 Å². The highest BCUT2D eigenvalue weighted by atomic mass is 16.5. The predicted molar refractivity (Wildman–Crippen MR) is 61.7 cm³/mol. The van der Waals surface area contributed by atoms with Crippen LogP contribution in [0.25, 0.3) is 0 Å². The summed E-state index contributed by atoms with van der Waals surface area (Å²) in [4.78, 5) is 11.7. The van der Waals surface area contributed by atoms with E-state index in [9.17, 15) is 9.90 Å². The van der Waals surface area contributed by atoms with E-state index in [-0.39, 0.29) is 11.6 Å². The normalized spacial score (nSPS) is 12.8. The second-order valence-electron chi connectivity index (χ2n) is 4.23. The van der Waals surface area contributed by atoms with Gasteiger partial charge in [0.25, 0.3) is 0 Å². The topological polar surface area (TPSA) is 77.2 Å². The fourth-order valence-electron chi connectivity index (χ4n) is 1.62. The van der Waals surface area contributed by atoms with E-state index < -0.39 is 12.1 Å². The minimum Gasteiger partial charge on any atom is -0.461 e. The maximum Gasteiger partial charge on any atom is 0.360 e. The molecule has 0 aliphatic rings. The first-order valence-corrected chi connectivity index (χ1v) is 5.75. The Bertz CT molecular complexity index is 385. The van der Waals surface area contributed by atoms with Crippen molar-refractivity contribution >= 4 is 5.97 Å². The van der Waals surface area contributed by atoms with Crippen LogP contribution in [0.4, 0.5) is 0 Å². The summed E-state index contributed by atoms with van der Waals surface area (Å²) in [5.41, 5.74) is 0.937. The lowest BCUT2D eigenvalue weighted by Crippen LogP contribution is -2.17. The average molecular weight is 241 g/mol. The number of aliphatic hydroxyl groups excluding tert-OH is 1. The van der Waals surface area contributed by atoms with Crippen LogP contribution in [0.2, 0.25) is 0 Å². The van der Waals surface area contributed by atoms with Crippen LogP contribution in [-0.4, -0.2) is 38.8 Å². The Morgan fingerprint density at radius 2 is 2.12 bits per heavy atom. The quantitative estimate of drug-likeness (QED) is 0.777. The van der Waals surface area contributed by atoms with Crippen LogP contribution in [0.5, 0.6) is 0 Å². The van der Waals surface area contributed by atoms with Crippen molar-refractivity contribution in [2.24, 2.45) is 0 Å². The highest BCUT2D eigenvalue weighted by Gasteiger charge is 2.23. The summed E-state index contributed by atoms with van der Waals surface area (Å²) in [5.74, 6) is -0.379. The van der Waals surface area contributed by atoms with Gasteiger partial charge in [-0.05, 0) is 19.8 Å². The zero-order valence-electron chi connectivity index (χ0n) is 10.7. The molecule has 1 rings (SSSR count). The number of hydrogen-bond acceptors (Lipinski definition) is 5. The standard InChI is InChI=1S/C11H19N3O3/c1-5-17-11(16)9-10(7(2)3)14(13-12-9)6-8(4)15/h7-8,15H,5-6H2,1-4H3.